The summed E-state index contributed by atoms with van der Waals surface area (Å²) in [7, 11) is 1.96. The average Bonchev–Trinajstić information content (AvgIpc) is 2.53. The van der Waals surface area contributed by atoms with E-state index in [9.17, 15) is 0 Å². The molecular weight excluding hydrogens is 230 g/mol. The maximum atomic E-state index is 5.94. The zero-order valence-electron chi connectivity index (χ0n) is 8.44. The molecule has 0 aliphatic rings. The molecule has 0 aliphatic heterocycles. The van der Waals surface area contributed by atoms with E-state index < -0.39 is 0 Å². The Labute approximate surface area is 96.3 Å². The number of hydrogen-bond donors (Lipinski definition) is 0. The van der Waals surface area contributed by atoms with E-state index in [2.05, 4.69) is 10.2 Å². The van der Waals surface area contributed by atoms with Crippen molar-refractivity contribution in [3.63, 3.8) is 0 Å². The minimum absolute atomic E-state index is 0.737. The van der Waals surface area contributed by atoms with Gasteiger partial charge in [0.05, 0.1) is 10.2 Å². The molecule has 0 fully saturated rings. The van der Waals surface area contributed by atoms with Crippen LogP contribution in [-0.2, 0) is 7.05 Å². The van der Waals surface area contributed by atoms with Crippen molar-refractivity contribution in [1.29, 1.82) is 0 Å². The van der Waals surface area contributed by atoms with E-state index >= 15 is 0 Å². The third-order valence-corrected chi connectivity index (χ3v) is 3.37. The van der Waals surface area contributed by atoms with E-state index in [0.717, 1.165) is 20.0 Å². The molecule has 0 N–H and O–H groups in total. The molecule has 0 saturated carbocycles. The van der Waals surface area contributed by atoms with Crippen molar-refractivity contribution in [3.05, 3.63) is 28.0 Å². The van der Waals surface area contributed by atoms with Crippen molar-refractivity contribution in [2.75, 3.05) is 0 Å². The molecule has 5 heteroatoms. The van der Waals surface area contributed by atoms with Crippen molar-refractivity contribution >= 4 is 39.4 Å². The summed E-state index contributed by atoms with van der Waals surface area (Å²) >= 11 is 7.53. The fraction of sp³-hybridized carbons (Fsp3) is 0.200. The van der Waals surface area contributed by atoms with Crippen LogP contribution in [0.25, 0.3) is 10.2 Å². The van der Waals surface area contributed by atoms with Crippen LogP contribution < -0.4 is 4.80 Å². The molecule has 3 nitrogen and oxygen atoms in total. The lowest BCUT2D eigenvalue weighted by Crippen LogP contribution is -2.08. The van der Waals surface area contributed by atoms with Crippen molar-refractivity contribution in [3.8, 4) is 0 Å². The maximum Gasteiger partial charge on any atom is 0.211 e. The van der Waals surface area contributed by atoms with E-state index in [0.29, 0.717) is 0 Å². The molecule has 1 heterocycles. The van der Waals surface area contributed by atoms with Crippen LogP contribution in [0.5, 0.6) is 0 Å². The van der Waals surface area contributed by atoms with E-state index in [1.807, 2.05) is 36.7 Å². The molecule has 1 aromatic carbocycles. The molecule has 15 heavy (non-hydrogen) atoms. The zero-order chi connectivity index (χ0) is 10.8. The van der Waals surface area contributed by atoms with Crippen LogP contribution in [0.3, 0.4) is 0 Å². The van der Waals surface area contributed by atoms with Crippen LogP contribution in [0.2, 0.25) is 5.02 Å². The van der Waals surface area contributed by atoms with Crippen LogP contribution in [0.1, 0.15) is 6.92 Å². The van der Waals surface area contributed by atoms with Gasteiger partial charge in [-0.3, -0.25) is 0 Å². The van der Waals surface area contributed by atoms with Gasteiger partial charge < -0.3 is 4.57 Å². The monoisotopic (exact) mass is 239 g/mol. The quantitative estimate of drug-likeness (QED) is 0.541. The van der Waals surface area contributed by atoms with Gasteiger partial charge in [0, 0.05) is 18.3 Å². The standard InChI is InChI=1S/C10H10ClN3S/c1-3-12-13-10-14(2)8-6-7(11)4-5-9(8)15-10/h3-6H,1-2H3/b12-3+,13-10+. The van der Waals surface area contributed by atoms with Crippen LogP contribution in [0, 0.1) is 0 Å². The fourth-order valence-corrected chi connectivity index (χ4v) is 2.43. The summed E-state index contributed by atoms with van der Waals surface area (Å²) in [5, 5.41) is 8.71. The molecule has 0 saturated heterocycles. The number of halogens is 1. The summed E-state index contributed by atoms with van der Waals surface area (Å²) in [6.07, 6.45) is 1.66. The lowest BCUT2D eigenvalue weighted by atomic mass is 10.3. The molecule has 1 aromatic heterocycles. The Bertz CT molecular complexity index is 580. The van der Waals surface area contributed by atoms with E-state index in [-0.39, 0.29) is 0 Å². The average molecular weight is 240 g/mol. The van der Waals surface area contributed by atoms with Gasteiger partial charge >= 0.3 is 0 Å². The second-order valence-corrected chi connectivity index (χ2v) is 4.47. The summed E-state index contributed by atoms with van der Waals surface area (Å²) in [5.41, 5.74) is 1.08. The van der Waals surface area contributed by atoms with Crippen LogP contribution in [0.4, 0.5) is 0 Å². The molecule has 0 spiro atoms. The number of aryl methyl sites for hydroxylation is 1. The molecule has 78 valence electrons. The Hall–Kier alpha value is -1.13. The first-order valence-electron chi connectivity index (χ1n) is 4.49. The van der Waals surface area contributed by atoms with Crippen molar-refractivity contribution < 1.29 is 0 Å². The highest BCUT2D eigenvalue weighted by Gasteiger charge is 2.02. The first-order valence-corrected chi connectivity index (χ1v) is 5.68. The number of hydrogen-bond acceptors (Lipinski definition) is 3. The number of thiazole rings is 1. The molecule has 0 aliphatic carbocycles. The van der Waals surface area contributed by atoms with Crippen LogP contribution in [0.15, 0.2) is 28.4 Å². The van der Waals surface area contributed by atoms with Gasteiger partial charge in [0.15, 0.2) is 0 Å². The van der Waals surface area contributed by atoms with Crippen LogP contribution in [-0.4, -0.2) is 10.8 Å². The van der Waals surface area contributed by atoms with Crippen molar-refractivity contribution in [1.82, 2.24) is 4.57 Å². The molecule has 0 radical (unpaired) electrons. The minimum Gasteiger partial charge on any atom is -0.318 e. The van der Waals surface area contributed by atoms with Gasteiger partial charge in [0.1, 0.15) is 0 Å². The van der Waals surface area contributed by atoms with E-state index in [1.165, 1.54) is 0 Å². The Balaban J connectivity index is 2.75. The second-order valence-electron chi connectivity index (χ2n) is 3.03. The van der Waals surface area contributed by atoms with Crippen molar-refractivity contribution in [2.24, 2.45) is 17.3 Å². The van der Waals surface area contributed by atoms with Gasteiger partial charge in [-0.2, -0.15) is 5.10 Å². The molecular formula is C10H10ClN3S. The Morgan fingerprint density at radius 3 is 3.00 bits per heavy atom. The predicted octanol–water partition coefficient (Wildman–Crippen LogP) is 2.80. The first kappa shape index (κ1) is 10.4. The van der Waals surface area contributed by atoms with Crippen molar-refractivity contribution in [2.45, 2.75) is 6.92 Å². The highest BCUT2D eigenvalue weighted by atomic mass is 35.5. The third kappa shape index (κ3) is 1.96. The van der Waals surface area contributed by atoms with Gasteiger partial charge in [-0.25, -0.2) is 0 Å². The SMILES string of the molecule is C/C=N/N=c1/sc2ccc(Cl)cc2n1C. The summed E-state index contributed by atoms with van der Waals surface area (Å²) < 4.78 is 3.14. The minimum atomic E-state index is 0.737. The van der Waals surface area contributed by atoms with Gasteiger partial charge in [-0.05, 0) is 25.1 Å². The molecule has 0 atom stereocenters. The topological polar surface area (TPSA) is 29.6 Å². The molecule has 0 bridgehead atoms. The Kier molecular flexibility index (Phi) is 2.88. The van der Waals surface area contributed by atoms with Gasteiger partial charge in [0.25, 0.3) is 0 Å². The summed E-state index contributed by atoms with van der Waals surface area (Å²) in [4.78, 5) is 0.866. The van der Waals surface area contributed by atoms with Gasteiger partial charge in [-0.15, -0.1) is 5.10 Å². The summed E-state index contributed by atoms with van der Waals surface area (Å²) in [6, 6.07) is 5.81. The largest absolute Gasteiger partial charge is 0.318 e. The second kappa shape index (κ2) is 4.16. The number of rotatable bonds is 1. The number of aromatic nitrogens is 1. The smallest absolute Gasteiger partial charge is 0.211 e. The molecule has 0 amide bonds. The number of fused-ring (bicyclic) bond motifs is 1. The lowest BCUT2D eigenvalue weighted by molar-refractivity contribution is 0.889. The van der Waals surface area contributed by atoms with E-state index in [1.54, 1.807) is 17.6 Å². The Morgan fingerprint density at radius 1 is 1.47 bits per heavy atom. The first-order chi connectivity index (χ1) is 7.22. The predicted molar refractivity (Wildman–Crippen MR) is 65.5 cm³/mol. The zero-order valence-corrected chi connectivity index (χ0v) is 10.0. The molecule has 0 unspecified atom stereocenters. The number of benzene rings is 1. The molecule has 2 aromatic rings. The fourth-order valence-electron chi connectivity index (χ4n) is 1.30. The summed E-state index contributed by atoms with van der Waals surface area (Å²) in [5.74, 6) is 0. The molecule has 2 rings (SSSR count). The normalized spacial score (nSPS) is 13.1. The third-order valence-electron chi connectivity index (χ3n) is 2.03. The Morgan fingerprint density at radius 2 is 2.27 bits per heavy atom. The highest BCUT2D eigenvalue weighted by molar-refractivity contribution is 7.16. The lowest BCUT2D eigenvalue weighted by Gasteiger charge is -1.94. The summed E-state index contributed by atoms with van der Waals surface area (Å²) in [6.45, 7) is 1.84. The van der Waals surface area contributed by atoms with Gasteiger partial charge in [-0.1, -0.05) is 22.9 Å². The van der Waals surface area contributed by atoms with Crippen LogP contribution >= 0.6 is 22.9 Å². The number of nitrogens with zero attached hydrogens (tertiary/aromatic N) is 3. The van der Waals surface area contributed by atoms with Gasteiger partial charge in [0.2, 0.25) is 4.80 Å². The maximum absolute atomic E-state index is 5.94. The highest BCUT2D eigenvalue weighted by Crippen LogP contribution is 2.20. The van der Waals surface area contributed by atoms with E-state index in [4.69, 9.17) is 11.6 Å².